The number of hydrogen-bond acceptors (Lipinski definition) is 5. The van der Waals surface area contributed by atoms with E-state index in [-0.39, 0.29) is 13.2 Å². The summed E-state index contributed by atoms with van der Waals surface area (Å²) in [6, 6.07) is 1.49. The standard InChI is InChI=1S/C9H10F3N5O2/c10-9(11,12)4-19-2-1-13-6-3-7-15-16-8(18)17(7)5-14-6/h3,5,13H,1-2,4H2,(H,16,18). The smallest absolute Gasteiger partial charge is 0.370 e. The molecule has 10 heteroatoms. The van der Waals surface area contributed by atoms with Crippen molar-refractivity contribution in [3.63, 3.8) is 0 Å². The van der Waals surface area contributed by atoms with Gasteiger partial charge in [0.25, 0.3) is 0 Å². The molecule has 0 saturated heterocycles. The van der Waals surface area contributed by atoms with E-state index < -0.39 is 18.5 Å². The first kappa shape index (κ1) is 13.3. The molecular formula is C9H10F3N5O2. The quantitative estimate of drug-likeness (QED) is 0.773. The van der Waals surface area contributed by atoms with E-state index in [9.17, 15) is 18.0 Å². The molecule has 0 bridgehead atoms. The first-order chi connectivity index (χ1) is 8.96. The first-order valence-electron chi connectivity index (χ1n) is 5.27. The highest BCUT2D eigenvalue weighted by Gasteiger charge is 2.27. The Morgan fingerprint density at radius 2 is 2.26 bits per heavy atom. The van der Waals surface area contributed by atoms with Crippen LogP contribution in [0, 0.1) is 0 Å². The summed E-state index contributed by atoms with van der Waals surface area (Å²) in [5.41, 5.74) is -0.0544. The number of hydrogen-bond donors (Lipinski definition) is 2. The van der Waals surface area contributed by atoms with Crippen LogP contribution in [-0.4, -0.2) is 45.5 Å². The van der Waals surface area contributed by atoms with Gasteiger partial charge in [0.05, 0.1) is 6.61 Å². The molecule has 0 radical (unpaired) electrons. The van der Waals surface area contributed by atoms with Gasteiger partial charge < -0.3 is 10.1 Å². The Morgan fingerprint density at radius 3 is 3.00 bits per heavy atom. The summed E-state index contributed by atoms with van der Waals surface area (Å²) in [5, 5.41) is 8.72. The van der Waals surface area contributed by atoms with Gasteiger partial charge in [-0.15, -0.1) is 0 Å². The van der Waals surface area contributed by atoms with Gasteiger partial charge in [0.15, 0.2) is 5.65 Å². The molecule has 0 unspecified atom stereocenters. The van der Waals surface area contributed by atoms with Crippen molar-refractivity contribution in [2.24, 2.45) is 0 Å². The Bertz CT molecular complexity index is 606. The van der Waals surface area contributed by atoms with Crippen molar-refractivity contribution in [2.45, 2.75) is 6.18 Å². The summed E-state index contributed by atoms with van der Waals surface area (Å²) < 4.78 is 41.0. The lowest BCUT2D eigenvalue weighted by Crippen LogP contribution is -2.20. The topological polar surface area (TPSA) is 84.3 Å². The molecule has 0 amide bonds. The number of fused-ring (bicyclic) bond motifs is 1. The minimum absolute atomic E-state index is 0.111. The average Bonchev–Trinajstić information content (AvgIpc) is 2.69. The Labute approximate surface area is 104 Å². The van der Waals surface area contributed by atoms with E-state index in [4.69, 9.17) is 0 Å². The largest absolute Gasteiger partial charge is 0.411 e. The normalized spacial score (nSPS) is 11.9. The first-order valence-corrected chi connectivity index (χ1v) is 5.27. The number of alkyl halides is 3. The molecule has 0 atom stereocenters. The Balaban J connectivity index is 1.83. The zero-order chi connectivity index (χ0) is 13.9. The van der Waals surface area contributed by atoms with Crippen LogP contribution >= 0.6 is 0 Å². The van der Waals surface area contributed by atoms with Gasteiger partial charge in [-0.25, -0.2) is 19.3 Å². The van der Waals surface area contributed by atoms with Crippen LogP contribution < -0.4 is 11.0 Å². The molecule has 0 spiro atoms. The second-order valence-corrected chi connectivity index (χ2v) is 3.63. The number of halogens is 3. The van der Waals surface area contributed by atoms with Crippen molar-refractivity contribution in [3.8, 4) is 0 Å². The lowest BCUT2D eigenvalue weighted by atomic mass is 10.5. The van der Waals surface area contributed by atoms with Crippen LogP contribution in [0.15, 0.2) is 17.2 Å². The molecule has 0 aromatic carbocycles. The van der Waals surface area contributed by atoms with Crippen LogP contribution in [0.4, 0.5) is 19.0 Å². The number of rotatable bonds is 5. The molecule has 2 aromatic heterocycles. The van der Waals surface area contributed by atoms with Gasteiger partial charge in [-0.05, 0) is 0 Å². The molecule has 19 heavy (non-hydrogen) atoms. The average molecular weight is 277 g/mol. The molecule has 104 valence electrons. The van der Waals surface area contributed by atoms with Gasteiger partial charge in [-0.2, -0.15) is 18.3 Å². The molecule has 0 saturated carbocycles. The van der Waals surface area contributed by atoms with Crippen molar-refractivity contribution >= 4 is 11.5 Å². The highest BCUT2D eigenvalue weighted by atomic mass is 19.4. The van der Waals surface area contributed by atoms with E-state index in [2.05, 4.69) is 25.2 Å². The minimum Gasteiger partial charge on any atom is -0.370 e. The predicted octanol–water partition coefficient (Wildman–Crippen LogP) is 0.408. The molecule has 7 nitrogen and oxygen atoms in total. The second-order valence-electron chi connectivity index (χ2n) is 3.63. The number of aromatic nitrogens is 4. The molecule has 2 aromatic rings. The minimum atomic E-state index is -4.33. The highest BCUT2D eigenvalue weighted by Crippen LogP contribution is 2.14. The van der Waals surface area contributed by atoms with E-state index in [1.54, 1.807) is 0 Å². The van der Waals surface area contributed by atoms with Crippen LogP contribution in [0.25, 0.3) is 5.65 Å². The van der Waals surface area contributed by atoms with Crippen molar-refractivity contribution in [3.05, 3.63) is 22.9 Å². The van der Waals surface area contributed by atoms with Gasteiger partial charge >= 0.3 is 11.9 Å². The molecule has 2 N–H and O–H groups in total. The number of aromatic amines is 1. The summed E-state index contributed by atoms with van der Waals surface area (Å²) in [6.07, 6.45) is -3.06. The van der Waals surface area contributed by atoms with Gasteiger partial charge in [-0.1, -0.05) is 0 Å². The fourth-order valence-corrected chi connectivity index (χ4v) is 1.35. The molecule has 0 fully saturated rings. The van der Waals surface area contributed by atoms with E-state index in [0.717, 1.165) is 0 Å². The van der Waals surface area contributed by atoms with Crippen LogP contribution in [0.3, 0.4) is 0 Å². The van der Waals surface area contributed by atoms with Crippen LogP contribution in [0.1, 0.15) is 0 Å². The van der Waals surface area contributed by atoms with Gasteiger partial charge in [-0.3, -0.25) is 0 Å². The Kier molecular flexibility index (Phi) is 3.69. The van der Waals surface area contributed by atoms with Crippen molar-refractivity contribution in [1.29, 1.82) is 0 Å². The number of nitrogens with one attached hydrogen (secondary N) is 2. The molecular weight excluding hydrogens is 267 g/mol. The van der Waals surface area contributed by atoms with Crippen LogP contribution in [-0.2, 0) is 4.74 Å². The van der Waals surface area contributed by atoms with E-state index in [1.807, 2.05) is 0 Å². The third-order valence-electron chi connectivity index (χ3n) is 2.13. The van der Waals surface area contributed by atoms with E-state index >= 15 is 0 Å². The van der Waals surface area contributed by atoms with Crippen molar-refractivity contribution in [2.75, 3.05) is 25.1 Å². The van der Waals surface area contributed by atoms with Crippen LogP contribution in [0.2, 0.25) is 0 Å². The number of anilines is 1. The van der Waals surface area contributed by atoms with Crippen molar-refractivity contribution in [1.82, 2.24) is 19.6 Å². The molecule has 2 rings (SSSR count). The zero-order valence-electron chi connectivity index (χ0n) is 9.57. The summed E-state index contributed by atoms with van der Waals surface area (Å²) in [4.78, 5) is 15.0. The fraction of sp³-hybridized carbons (Fsp3) is 0.444. The summed E-state index contributed by atoms with van der Waals surface area (Å²) in [5.74, 6) is 0.391. The third-order valence-corrected chi connectivity index (χ3v) is 2.13. The van der Waals surface area contributed by atoms with E-state index in [1.165, 1.54) is 16.8 Å². The van der Waals surface area contributed by atoms with Crippen molar-refractivity contribution < 1.29 is 17.9 Å². The summed E-state index contributed by atoms with van der Waals surface area (Å²) >= 11 is 0. The molecule has 0 aliphatic rings. The lowest BCUT2D eigenvalue weighted by Gasteiger charge is -2.08. The molecule has 0 aliphatic heterocycles. The lowest BCUT2D eigenvalue weighted by molar-refractivity contribution is -0.172. The fourth-order valence-electron chi connectivity index (χ4n) is 1.35. The van der Waals surface area contributed by atoms with Gasteiger partial charge in [0, 0.05) is 12.6 Å². The summed E-state index contributed by atoms with van der Waals surface area (Å²) in [6.45, 7) is -1.23. The SMILES string of the molecule is O=c1[nH]nc2cc(NCCOCC(F)(F)F)ncn12. The number of H-pyrrole nitrogens is 1. The number of nitrogens with zero attached hydrogens (tertiary/aromatic N) is 3. The predicted molar refractivity (Wildman–Crippen MR) is 59.0 cm³/mol. The second kappa shape index (κ2) is 5.26. The van der Waals surface area contributed by atoms with E-state index in [0.29, 0.717) is 11.5 Å². The maximum atomic E-state index is 11.8. The maximum Gasteiger partial charge on any atom is 0.411 e. The molecule has 0 aliphatic carbocycles. The third kappa shape index (κ3) is 3.68. The maximum absolute atomic E-state index is 11.8. The Hall–Kier alpha value is -2.10. The van der Waals surface area contributed by atoms with Gasteiger partial charge in [0.1, 0.15) is 18.8 Å². The van der Waals surface area contributed by atoms with Gasteiger partial charge in [0.2, 0.25) is 0 Å². The van der Waals surface area contributed by atoms with Crippen LogP contribution in [0.5, 0.6) is 0 Å². The summed E-state index contributed by atoms with van der Waals surface area (Å²) in [7, 11) is 0. The monoisotopic (exact) mass is 277 g/mol. The Morgan fingerprint density at radius 1 is 1.47 bits per heavy atom. The highest BCUT2D eigenvalue weighted by molar-refractivity contribution is 5.48. The molecule has 2 heterocycles. The zero-order valence-corrected chi connectivity index (χ0v) is 9.57. The number of ether oxygens (including phenoxy) is 1.